The first-order chi connectivity index (χ1) is 16.2. The molecule has 180 valence electrons. The number of halogens is 1. The number of aliphatic carboxylic acids is 1. The van der Waals surface area contributed by atoms with Gasteiger partial charge in [-0.15, -0.1) is 0 Å². The number of ether oxygens (including phenoxy) is 1. The van der Waals surface area contributed by atoms with Crippen LogP contribution in [0.2, 0.25) is 0 Å². The fourth-order valence-corrected chi connectivity index (χ4v) is 4.16. The maximum absolute atomic E-state index is 13.6. The van der Waals surface area contributed by atoms with Crippen molar-refractivity contribution in [2.24, 2.45) is 5.73 Å². The summed E-state index contributed by atoms with van der Waals surface area (Å²) >= 11 is 0. The molecular weight excluding hydrogens is 443 g/mol. The van der Waals surface area contributed by atoms with E-state index in [1.54, 1.807) is 24.3 Å². The summed E-state index contributed by atoms with van der Waals surface area (Å²) in [5.74, 6) is -2.66. The van der Waals surface area contributed by atoms with Crippen LogP contribution in [-0.4, -0.2) is 53.3 Å². The number of hydrogen-bond acceptors (Lipinski definition) is 5. The predicted molar refractivity (Wildman–Crippen MR) is 122 cm³/mol. The molecule has 0 spiro atoms. The molecule has 0 aliphatic carbocycles. The number of carbonyl (C=O) groups excluding carboxylic acids is 2. The number of nitrogens with zero attached hydrogens (tertiary/aromatic N) is 1. The number of nitrogens with one attached hydrogen (secondary N) is 2. The smallest absolute Gasteiger partial charge is 0.312 e. The number of rotatable bonds is 11. The average molecular weight is 471 g/mol. The zero-order chi connectivity index (χ0) is 24.7. The first-order valence-electron chi connectivity index (χ1n) is 10.9. The lowest BCUT2D eigenvalue weighted by molar-refractivity contribution is -0.157. The molecule has 0 radical (unpaired) electrons. The summed E-state index contributed by atoms with van der Waals surface area (Å²) in [4.78, 5) is 38.0. The molecule has 10 heteroatoms. The first-order valence-corrected chi connectivity index (χ1v) is 10.9. The van der Waals surface area contributed by atoms with Crippen LogP contribution in [0.15, 0.2) is 48.5 Å². The van der Waals surface area contributed by atoms with E-state index in [0.717, 1.165) is 0 Å². The normalized spacial score (nSPS) is 15.4. The van der Waals surface area contributed by atoms with Crippen molar-refractivity contribution in [3.8, 4) is 5.75 Å². The van der Waals surface area contributed by atoms with Gasteiger partial charge in [-0.1, -0.05) is 12.1 Å². The Hall–Kier alpha value is -3.95. The van der Waals surface area contributed by atoms with Crippen LogP contribution in [0.3, 0.4) is 0 Å². The molecule has 5 N–H and O–H groups in total. The number of amides is 2. The molecule has 2 aromatic carbocycles. The minimum atomic E-state index is -1.31. The van der Waals surface area contributed by atoms with Crippen LogP contribution in [0.4, 0.5) is 4.39 Å². The molecule has 1 fully saturated rings. The second kappa shape index (κ2) is 10.8. The molecule has 3 rings (SSSR count). The lowest BCUT2D eigenvalue weighted by Gasteiger charge is -2.45. The Bertz CT molecular complexity index is 1060. The van der Waals surface area contributed by atoms with Gasteiger partial charge in [-0.05, 0) is 61.2 Å². The standard InChI is InChI=1S/C24H27FN4O5/c25-18-7-5-17(6-8-18)24(15-20(30)31,29-13-12-28-22(32)23(29)33)11-1-2-14-34-19-9-3-16(4-10-19)21(26)27/h3-10H,1-2,11-15H2,(H3,26,27)(H,28,32)(H,30,31). The third-order valence-corrected chi connectivity index (χ3v) is 5.82. The number of nitrogens with two attached hydrogens (primary N) is 1. The van der Waals surface area contributed by atoms with Gasteiger partial charge in [0.2, 0.25) is 0 Å². The Morgan fingerprint density at radius 1 is 1.15 bits per heavy atom. The third kappa shape index (κ3) is 5.69. The van der Waals surface area contributed by atoms with Crippen LogP contribution in [0, 0.1) is 11.2 Å². The molecule has 2 amide bonds. The van der Waals surface area contributed by atoms with Gasteiger partial charge in [0, 0.05) is 18.7 Å². The molecule has 1 unspecified atom stereocenters. The number of carboxylic acid groups (broad SMARTS) is 1. The number of hydrogen-bond donors (Lipinski definition) is 4. The molecule has 1 atom stereocenters. The lowest BCUT2D eigenvalue weighted by atomic mass is 9.79. The van der Waals surface area contributed by atoms with Crippen molar-refractivity contribution < 1.29 is 28.6 Å². The van der Waals surface area contributed by atoms with Crippen molar-refractivity contribution in [1.82, 2.24) is 10.2 Å². The Morgan fingerprint density at radius 3 is 2.44 bits per heavy atom. The summed E-state index contributed by atoms with van der Waals surface area (Å²) in [6.07, 6.45) is 0.856. The summed E-state index contributed by atoms with van der Waals surface area (Å²) in [5, 5.41) is 19.6. The van der Waals surface area contributed by atoms with Crippen LogP contribution in [0.25, 0.3) is 0 Å². The quantitative estimate of drug-likeness (QED) is 0.171. The van der Waals surface area contributed by atoms with Crippen molar-refractivity contribution in [2.45, 2.75) is 31.2 Å². The van der Waals surface area contributed by atoms with E-state index in [4.69, 9.17) is 15.9 Å². The van der Waals surface area contributed by atoms with E-state index in [1.807, 2.05) is 0 Å². The molecule has 1 heterocycles. The Morgan fingerprint density at radius 2 is 1.82 bits per heavy atom. The third-order valence-electron chi connectivity index (χ3n) is 5.82. The van der Waals surface area contributed by atoms with Crippen LogP contribution in [-0.2, 0) is 19.9 Å². The van der Waals surface area contributed by atoms with Gasteiger partial charge >= 0.3 is 17.8 Å². The van der Waals surface area contributed by atoms with Gasteiger partial charge in [0.15, 0.2) is 0 Å². The van der Waals surface area contributed by atoms with E-state index in [0.29, 0.717) is 36.3 Å². The van der Waals surface area contributed by atoms with Crippen LogP contribution in [0.5, 0.6) is 5.75 Å². The van der Waals surface area contributed by atoms with Gasteiger partial charge in [-0.3, -0.25) is 19.8 Å². The summed E-state index contributed by atoms with van der Waals surface area (Å²) in [5.41, 5.74) is 5.18. The summed E-state index contributed by atoms with van der Waals surface area (Å²) in [6, 6.07) is 12.1. The Labute approximate surface area is 196 Å². The zero-order valence-electron chi connectivity index (χ0n) is 18.6. The number of nitrogen functional groups attached to an aromatic ring is 1. The van der Waals surface area contributed by atoms with E-state index < -0.39 is 35.6 Å². The Balaban J connectivity index is 1.76. The largest absolute Gasteiger partial charge is 0.494 e. The summed E-state index contributed by atoms with van der Waals surface area (Å²) in [7, 11) is 0. The minimum absolute atomic E-state index is 0.0388. The number of carboxylic acids is 1. The van der Waals surface area contributed by atoms with Crippen molar-refractivity contribution in [3.05, 3.63) is 65.5 Å². The van der Waals surface area contributed by atoms with E-state index in [-0.39, 0.29) is 25.3 Å². The summed E-state index contributed by atoms with van der Waals surface area (Å²) < 4.78 is 19.3. The molecule has 2 aromatic rings. The topological polar surface area (TPSA) is 146 Å². The minimum Gasteiger partial charge on any atom is -0.494 e. The molecule has 9 nitrogen and oxygen atoms in total. The number of amidine groups is 1. The van der Waals surface area contributed by atoms with Crippen molar-refractivity contribution >= 4 is 23.6 Å². The van der Waals surface area contributed by atoms with Gasteiger partial charge in [0.1, 0.15) is 17.4 Å². The molecular formula is C24H27FN4O5. The fourth-order valence-electron chi connectivity index (χ4n) is 4.16. The first kappa shape index (κ1) is 24.7. The van der Waals surface area contributed by atoms with Crippen molar-refractivity contribution in [2.75, 3.05) is 19.7 Å². The molecule has 34 heavy (non-hydrogen) atoms. The number of carbonyl (C=O) groups is 3. The van der Waals surface area contributed by atoms with Gasteiger partial charge in [0.05, 0.1) is 18.6 Å². The lowest BCUT2D eigenvalue weighted by Crippen LogP contribution is -2.60. The second-order valence-electron chi connectivity index (χ2n) is 8.07. The Kier molecular flexibility index (Phi) is 7.83. The number of benzene rings is 2. The maximum Gasteiger partial charge on any atom is 0.312 e. The van der Waals surface area contributed by atoms with Gasteiger partial charge in [-0.2, -0.15) is 0 Å². The van der Waals surface area contributed by atoms with Crippen LogP contribution < -0.4 is 15.8 Å². The van der Waals surface area contributed by atoms with Crippen LogP contribution in [0.1, 0.15) is 36.8 Å². The van der Waals surface area contributed by atoms with E-state index in [2.05, 4.69) is 5.32 Å². The monoisotopic (exact) mass is 470 g/mol. The van der Waals surface area contributed by atoms with Crippen LogP contribution >= 0.6 is 0 Å². The highest BCUT2D eigenvalue weighted by molar-refractivity contribution is 6.35. The molecule has 1 saturated heterocycles. The highest BCUT2D eigenvalue weighted by Gasteiger charge is 2.45. The predicted octanol–water partition coefficient (Wildman–Crippen LogP) is 1.99. The number of piperazine rings is 1. The van der Waals surface area contributed by atoms with E-state index >= 15 is 0 Å². The van der Waals surface area contributed by atoms with E-state index in [9.17, 15) is 23.9 Å². The average Bonchev–Trinajstić information content (AvgIpc) is 2.80. The SMILES string of the molecule is N=C(N)c1ccc(OCCCCC(CC(=O)O)(c2ccc(F)cc2)N2CCNC(=O)C2=O)cc1. The van der Waals surface area contributed by atoms with Gasteiger partial charge < -0.3 is 25.8 Å². The fraction of sp³-hybridized carbons (Fsp3) is 0.333. The molecule has 0 bridgehead atoms. The maximum atomic E-state index is 13.6. The van der Waals surface area contributed by atoms with Gasteiger partial charge in [-0.25, -0.2) is 4.39 Å². The van der Waals surface area contributed by atoms with Crippen molar-refractivity contribution in [1.29, 1.82) is 5.41 Å². The number of unbranched alkanes of at least 4 members (excludes halogenated alkanes) is 1. The molecule has 0 aromatic heterocycles. The van der Waals surface area contributed by atoms with E-state index in [1.165, 1.54) is 29.2 Å². The summed E-state index contributed by atoms with van der Waals surface area (Å²) in [6.45, 7) is 0.682. The molecule has 0 saturated carbocycles. The molecule has 1 aliphatic rings. The van der Waals surface area contributed by atoms with Crippen molar-refractivity contribution in [3.63, 3.8) is 0 Å². The van der Waals surface area contributed by atoms with Gasteiger partial charge in [0.25, 0.3) is 0 Å². The molecule has 1 aliphatic heterocycles. The zero-order valence-corrected chi connectivity index (χ0v) is 18.6. The second-order valence-corrected chi connectivity index (χ2v) is 8.07. The highest BCUT2D eigenvalue weighted by atomic mass is 19.1. The highest BCUT2D eigenvalue weighted by Crippen LogP contribution is 2.38.